The largest absolute Gasteiger partial charge is 0.506 e. The number of amides is 1. The highest BCUT2D eigenvalue weighted by atomic mass is 35.5. The monoisotopic (exact) mass is 552 g/mol. The SMILES string of the molecule is Cc1cccc(Cl)c1NC(=O)c1c(Cl)cc(Cl)c(O)c1/C=N\Nc1ncc(F)c(N2CCOCC2)n1. The summed E-state index contributed by atoms with van der Waals surface area (Å²) in [7, 11) is 0. The fourth-order valence-corrected chi connectivity index (χ4v) is 4.35. The quantitative estimate of drug-likeness (QED) is 0.287. The molecule has 0 saturated carbocycles. The maximum Gasteiger partial charge on any atom is 0.258 e. The second kappa shape index (κ2) is 11.3. The number of hydrogen-bond donors (Lipinski definition) is 3. The molecule has 2 aromatic carbocycles. The molecule has 2 heterocycles. The summed E-state index contributed by atoms with van der Waals surface area (Å²) in [5, 5.41) is 17.5. The molecule has 36 heavy (non-hydrogen) atoms. The lowest BCUT2D eigenvalue weighted by atomic mass is 10.1. The number of morpholine rings is 1. The van der Waals surface area contributed by atoms with Crippen molar-refractivity contribution in [3.05, 3.63) is 68.0 Å². The number of phenolic OH excluding ortho intramolecular Hbond substituents is 1. The van der Waals surface area contributed by atoms with Gasteiger partial charge in [-0.25, -0.2) is 14.8 Å². The second-order valence-corrected chi connectivity index (χ2v) is 8.92. The van der Waals surface area contributed by atoms with E-state index in [4.69, 9.17) is 39.5 Å². The third-order valence-electron chi connectivity index (χ3n) is 5.32. The number of benzene rings is 2. The normalized spacial score (nSPS) is 13.8. The molecule has 1 saturated heterocycles. The van der Waals surface area contributed by atoms with E-state index in [0.29, 0.717) is 37.0 Å². The van der Waals surface area contributed by atoms with Gasteiger partial charge < -0.3 is 20.1 Å². The van der Waals surface area contributed by atoms with Gasteiger partial charge in [-0.1, -0.05) is 46.9 Å². The molecule has 188 valence electrons. The minimum atomic E-state index is -0.641. The van der Waals surface area contributed by atoms with Crippen molar-refractivity contribution in [2.24, 2.45) is 5.10 Å². The van der Waals surface area contributed by atoms with Crippen molar-refractivity contribution >= 4 is 64.4 Å². The molecule has 9 nitrogen and oxygen atoms in total. The molecule has 0 atom stereocenters. The van der Waals surface area contributed by atoms with Crippen molar-refractivity contribution in [3.8, 4) is 5.75 Å². The number of hydrogen-bond acceptors (Lipinski definition) is 8. The van der Waals surface area contributed by atoms with Gasteiger partial charge in [0.1, 0.15) is 5.75 Å². The fraction of sp³-hybridized carbons (Fsp3) is 0.217. The first kappa shape index (κ1) is 25.9. The fourth-order valence-electron chi connectivity index (χ4n) is 3.51. The molecule has 3 N–H and O–H groups in total. The number of nitrogens with one attached hydrogen (secondary N) is 2. The lowest BCUT2D eigenvalue weighted by molar-refractivity contribution is 0.102. The molecular formula is C23H20Cl3FN6O3. The van der Waals surface area contributed by atoms with E-state index < -0.39 is 17.5 Å². The topological polar surface area (TPSA) is 112 Å². The maximum absolute atomic E-state index is 14.3. The van der Waals surface area contributed by atoms with E-state index in [9.17, 15) is 14.3 Å². The first-order chi connectivity index (χ1) is 17.3. The number of rotatable bonds is 6. The van der Waals surface area contributed by atoms with E-state index in [2.05, 4.69) is 25.8 Å². The summed E-state index contributed by atoms with van der Waals surface area (Å²) in [4.78, 5) is 22.9. The Balaban J connectivity index is 1.61. The maximum atomic E-state index is 14.3. The van der Waals surface area contributed by atoms with Crippen molar-refractivity contribution in [1.29, 1.82) is 0 Å². The number of aryl methyl sites for hydroxylation is 1. The van der Waals surface area contributed by atoms with E-state index in [1.807, 2.05) is 0 Å². The molecule has 0 radical (unpaired) electrons. The van der Waals surface area contributed by atoms with E-state index in [0.717, 1.165) is 18.0 Å². The minimum Gasteiger partial charge on any atom is -0.506 e. The molecular weight excluding hydrogens is 534 g/mol. The standard InChI is InChI=1S/C23H20Cl3FN6O3/c1-12-3-2-4-14(24)19(12)30-22(35)18-13(20(34)16(26)9-15(18)25)10-29-32-23-28-11-17(27)21(31-23)33-5-7-36-8-6-33/h2-4,9-11,34H,5-8H2,1H3,(H,30,35)(H,28,31,32)/b29-10-. The number of aromatic hydroxyl groups is 1. The minimum absolute atomic E-state index is 0.000509. The Morgan fingerprint density at radius 2 is 1.97 bits per heavy atom. The average molecular weight is 554 g/mol. The molecule has 1 aliphatic heterocycles. The molecule has 4 rings (SSSR count). The van der Waals surface area contributed by atoms with Gasteiger partial charge in [-0.15, -0.1) is 0 Å². The Morgan fingerprint density at radius 3 is 2.69 bits per heavy atom. The molecule has 0 aliphatic carbocycles. The van der Waals surface area contributed by atoms with Crippen LogP contribution in [-0.2, 0) is 4.74 Å². The molecule has 1 aromatic heterocycles. The zero-order chi connectivity index (χ0) is 25.8. The number of ether oxygens (including phenoxy) is 1. The van der Waals surface area contributed by atoms with Gasteiger partial charge in [-0.05, 0) is 24.6 Å². The Bertz CT molecular complexity index is 1310. The van der Waals surface area contributed by atoms with E-state index >= 15 is 0 Å². The average Bonchev–Trinajstić information content (AvgIpc) is 2.86. The van der Waals surface area contributed by atoms with Crippen molar-refractivity contribution in [2.45, 2.75) is 6.92 Å². The van der Waals surface area contributed by atoms with Crippen LogP contribution < -0.4 is 15.6 Å². The van der Waals surface area contributed by atoms with Crippen LogP contribution >= 0.6 is 34.8 Å². The van der Waals surface area contributed by atoms with E-state index in [1.165, 1.54) is 6.07 Å². The summed E-state index contributed by atoms with van der Waals surface area (Å²) in [6.07, 6.45) is 2.16. The molecule has 0 bridgehead atoms. The van der Waals surface area contributed by atoms with Gasteiger partial charge in [-0.2, -0.15) is 10.1 Å². The Hall–Kier alpha value is -3.18. The highest BCUT2D eigenvalue weighted by Crippen LogP contribution is 2.35. The van der Waals surface area contributed by atoms with Gasteiger partial charge in [0.2, 0.25) is 5.95 Å². The number of para-hydroxylation sites is 1. The first-order valence-electron chi connectivity index (χ1n) is 10.7. The first-order valence-corrected chi connectivity index (χ1v) is 11.8. The Labute approximate surface area is 220 Å². The van der Waals surface area contributed by atoms with Crippen LogP contribution in [-0.4, -0.2) is 53.5 Å². The van der Waals surface area contributed by atoms with Gasteiger partial charge in [0, 0.05) is 13.1 Å². The van der Waals surface area contributed by atoms with Crippen LogP contribution in [0.25, 0.3) is 0 Å². The number of aromatic nitrogens is 2. The van der Waals surface area contributed by atoms with E-state index in [-0.39, 0.29) is 32.9 Å². The smallest absolute Gasteiger partial charge is 0.258 e. The van der Waals surface area contributed by atoms with Crippen LogP contribution in [0.4, 0.5) is 21.8 Å². The van der Waals surface area contributed by atoms with Gasteiger partial charge in [0.05, 0.1) is 57.5 Å². The number of nitrogens with zero attached hydrogens (tertiary/aromatic N) is 4. The highest BCUT2D eigenvalue weighted by Gasteiger charge is 2.22. The van der Waals surface area contributed by atoms with Crippen LogP contribution in [0.3, 0.4) is 0 Å². The number of carbonyl (C=O) groups is 1. The van der Waals surface area contributed by atoms with Crippen LogP contribution in [0.15, 0.2) is 35.6 Å². The number of carbonyl (C=O) groups excluding carboxylic acids is 1. The lowest BCUT2D eigenvalue weighted by Crippen LogP contribution is -2.37. The summed E-state index contributed by atoms with van der Waals surface area (Å²) >= 11 is 18.6. The third-order valence-corrected chi connectivity index (χ3v) is 6.23. The summed E-state index contributed by atoms with van der Waals surface area (Å²) in [6.45, 7) is 3.65. The summed E-state index contributed by atoms with van der Waals surface area (Å²) in [6, 6.07) is 6.41. The third kappa shape index (κ3) is 5.62. The molecule has 0 unspecified atom stereocenters. The van der Waals surface area contributed by atoms with Crippen LogP contribution in [0, 0.1) is 12.7 Å². The highest BCUT2D eigenvalue weighted by molar-refractivity contribution is 6.39. The number of halogens is 4. The molecule has 1 aliphatic rings. The lowest BCUT2D eigenvalue weighted by Gasteiger charge is -2.27. The van der Waals surface area contributed by atoms with Crippen molar-refractivity contribution in [2.75, 3.05) is 41.9 Å². The van der Waals surface area contributed by atoms with Crippen LogP contribution in [0.5, 0.6) is 5.75 Å². The van der Waals surface area contributed by atoms with Gasteiger partial charge in [-0.3, -0.25) is 4.79 Å². The summed E-state index contributed by atoms with van der Waals surface area (Å²) in [5.74, 6) is -1.53. The molecule has 3 aromatic rings. The predicted octanol–water partition coefficient (Wildman–Crippen LogP) is 5.12. The number of hydrazone groups is 1. The molecule has 1 amide bonds. The second-order valence-electron chi connectivity index (χ2n) is 7.70. The zero-order valence-corrected chi connectivity index (χ0v) is 21.1. The Kier molecular flexibility index (Phi) is 8.10. The Morgan fingerprint density at radius 1 is 1.22 bits per heavy atom. The van der Waals surface area contributed by atoms with Gasteiger partial charge in [0.25, 0.3) is 5.91 Å². The predicted molar refractivity (Wildman–Crippen MR) is 139 cm³/mol. The van der Waals surface area contributed by atoms with Crippen molar-refractivity contribution in [3.63, 3.8) is 0 Å². The number of phenols is 1. The van der Waals surface area contributed by atoms with Gasteiger partial charge >= 0.3 is 0 Å². The molecule has 0 spiro atoms. The molecule has 1 fully saturated rings. The number of anilines is 3. The van der Waals surface area contributed by atoms with Crippen molar-refractivity contribution in [1.82, 2.24) is 9.97 Å². The van der Waals surface area contributed by atoms with Crippen molar-refractivity contribution < 1.29 is 19.0 Å². The van der Waals surface area contributed by atoms with Crippen LogP contribution in [0.2, 0.25) is 15.1 Å². The van der Waals surface area contributed by atoms with Crippen LogP contribution in [0.1, 0.15) is 21.5 Å². The molecule has 13 heteroatoms. The van der Waals surface area contributed by atoms with Gasteiger partial charge in [0.15, 0.2) is 11.6 Å². The summed E-state index contributed by atoms with van der Waals surface area (Å²) in [5.41, 5.74) is 3.55. The zero-order valence-electron chi connectivity index (χ0n) is 18.9. The van der Waals surface area contributed by atoms with E-state index in [1.54, 1.807) is 30.0 Å². The summed E-state index contributed by atoms with van der Waals surface area (Å²) < 4.78 is 19.6.